The van der Waals surface area contributed by atoms with Crippen molar-refractivity contribution in [2.75, 3.05) is 19.7 Å². The first-order chi connectivity index (χ1) is 6.91. The molecule has 0 unspecified atom stereocenters. The summed E-state index contributed by atoms with van der Waals surface area (Å²) in [5.74, 6) is 0. The van der Waals surface area contributed by atoms with Gasteiger partial charge in [0.15, 0.2) is 0 Å². The van der Waals surface area contributed by atoms with Crippen LogP contribution in [0.5, 0.6) is 0 Å². The van der Waals surface area contributed by atoms with E-state index in [4.69, 9.17) is 4.74 Å². The molecule has 0 atom stereocenters. The van der Waals surface area contributed by atoms with Gasteiger partial charge in [-0.3, -0.25) is 0 Å². The van der Waals surface area contributed by atoms with Crippen molar-refractivity contribution in [2.45, 2.75) is 24.9 Å². The molecular weight excluding hydrogens is 194 g/mol. The number of hydrogen-bond acceptors (Lipinski definition) is 3. The van der Waals surface area contributed by atoms with Crippen molar-refractivity contribution in [2.24, 2.45) is 0 Å². The molecule has 0 aliphatic carbocycles. The first kappa shape index (κ1) is 8.89. The van der Waals surface area contributed by atoms with Crippen LogP contribution in [-0.2, 0) is 16.8 Å². The minimum Gasteiger partial charge on any atom is -0.370 e. The number of thiophene rings is 1. The van der Waals surface area contributed by atoms with Crippen molar-refractivity contribution in [1.82, 2.24) is 5.32 Å². The van der Waals surface area contributed by atoms with E-state index in [1.165, 1.54) is 5.56 Å². The third-order valence-electron chi connectivity index (χ3n) is 3.35. The number of hydrogen-bond donors (Lipinski definition) is 1. The normalized spacial score (nSPS) is 24.9. The fraction of sp³-hybridized carbons (Fsp3) is 0.636. The number of rotatable bonds is 0. The molecule has 3 heteroatoms. The maximum atomic E-state index is 6.06. The molecule has 76 valence electrons. The predicted molar refractivity (Wildman–Crippen MR) is 57.8 cm³/mol. The van der Waals surface area contributed by atoms with Crippen LogP contribution in [0.15, 0.2) is 11.4 Å². The summed E-state index contributed by atoms with van der Waals surface area (Å²) in [5, 5.41) is 5.61. The predicted octanol–water partition coefficient (Wildman–Crippen LogP) is 1.90. The molecule has 2 aliphatic heterocycles. The van der Waals surface area contributed by atoms with E-state index in [9.17, 15) is 0 Å². The van der Waals surface area contributed by atoms with Gasteiger partial charge in [-0.2, -0.15) is 0 Å². The van der Waals surface area contributed by atoms with Crippen LogP contribution in [0, 0.1) is 0 Å². The summed E-state index contributed by atoms with van der Waals surface area (Å²) >= 11 is 1.89. The van der Waals surface area contributed by atoms with E-state index in [1.54, 1.807) is 4.88 Å². The van der Waals surface area contributed by atoms with Crippen LogP contribution in [-0.4, -0.2) is 19.7 Å². The molecule has 14 heavy (non-hydrogen) atoms. The lowest BCUT2D eigenvalue weighted by molar-refractivity contribution is -0.0792. The van der Waals surface area contributed by atoms with Gasteiger partial charge in [0.05, 0.1) is 12.2 Å². The van der Waals surface area contributed by atoms with Gasteiger partial charge in [0.1, 0.15) is 0 Å². The van der Waals surface area contributed by atoms with Crippen LogP contribution < -0.4 is 5.32 Å². The summed E-state index contributed by atoms with van der Waals surface area (Å²) in [6.45, 7) is 3.10. The van der Waals surface area contributed by atoms with E-state index in [-0.39, 0.29) is 5.60 Å². The Morgan fingerprint density at radius 2 is 2.21 bits per heavy atom. The second-order valence-electron chi connectivity index (χ2n) is 4.10. The molecule has 1 aromatic heterocycles. The molecular formula is C11H15NOS. The molecule has 2 nitrogen and oxygen atoms in total. The van der Waals surface area contributed by atoms with Gasteiger partial charge < -0.3 is 10.1 Å². The Kier molecular flexibility index (Phi) is 2.11. The monoisotopic (exact) mass is 209 g/mol. The summed E-state index contributed by atoms with van der Waals surface area (Å²) in [4.78, 5) is 1.55. The zero-order chi connectivity index (χ0) is 9.43. The maximum absolute atomic E-state index is 6.06. The Labute approximate surface area is 88.3 Å². The zero-order valence-electron chi connectivity index (χ0n) is 8.21. The highest BCUT2D eigenvalue weighted by atomic mass is 32.1. The average Bonchev–Trinajstić information content (AvgIpc) is 2.69. The van der Waals surface area contributed by atoms with Crippen molar-refractivity contribution in [1.29, 1.82) is 0 Å². The summed E-state index contributed by atoms with van der Waals surface area (Å²) < 4.78 is 6.06. The fourth-order valence-electron chi connectivity index (χ4n) is 2.60. The number of piperidine rings is 1. The Morgan fingerprint density at radius 3 is 3.07 bits per heavy atom. The number of nitrogens with one attached hydrogen (secondary N) is 1. The van der Waals surface area contributed by atoms with Crippen LogP contribution in [0.25, 0.3) is 0 Å². The number of ether oxygens (including phenoxy) is 1. The molecule has 2 aliphatic rings. The van der Waals surface area contributed by atoms with Gasteiger partial charge in [-0.15, -0.1) is 11.3 Å². The van der Waals surface area contributed by atoms with Crippen LogP contribution in [0.3, 0.4) is 0 Å². The summed E-state index contributed by atoms with van der Waals surface area (Å²) in [5.41, 5.74) is 1.55. The van der Waals surface area contributed by atoms with Crippen molar-refractivity contribution >= 4 is 11.3 Å². The third-order valence-corrected chi connectivity index (χ3v) is 4.34. The SMILES string of the molecule is c1cc2c(s1)CCOC21CCNCC1. The Morgan fingerprint density at radius 1 is 1.36 bits per heavy atom. The van der Waals surface area contributed by atoms with Crippen LogP contribution in [0.1, 0.15) is 23.3 Å². The van der Waals surface area contributed by atoms with E-state index < -0.39 is 0 Å². The molecule has 1 aromatic rings. The second kappa shape index (κ2) is 3.33. The molecule has 1 spiro atoms. The third kappa shape index (κ3) is 1.23. The van der Waals surface area contributed by atoms with Gasteiger partial charge in [-0.25, -0.2) is 0 Å². The molecule has 0 saturated carbocycles. The highest BCUT2D eigenvalue weighted by Gasteiger charge is 2.39. The zero-order valence-corrected chi connectivity index (χ0v) is 9.03. The first-order valence-electron chi connectivity index (χ1n) is 5.32. The lowest BCUT2D eigenvalue weighted by atomic mass is 9.83. The van der Waals surface area contributed by atoms with E-state index >= 15 is 0 Å². The molecule has 0 bridgehead atoms. The van der Waals surface area contributed by atoms with Gasteiger partial charge in [0.25, 0.3) is 0 Å². The molecule has 0 radical (unpaired) electrons. The standard InChI is InChI=1S/C11H15NOS/c1-7-13-11(3-5-12-6-4-11)9-2-8-14-10(1)9/h2,8,12H,1,3-7H2. The smallest absolute Gasteiger partial charge is 0.0966 e. The van der Waals surface area contributed by atoms with Gasteiger partial charge in [-0.1, -0.05) is 0 Å². The van der Waals surface area contributed by atoms with Crippen molar-refractivity contribution < 1.29 is 4.74 Å². The fourth-order valence-corrected chi connectivity index (χ4v) is 3.55. The lowest BCUT2D eigenvalue weighted by Crippen LogP contribution is -2.44. The highest BCUT2D eigenvalue weighted by molar-refractivity contribution is 7.10. The molecule has 3 heterocycles. The summed E-state index contributed by atoms with van der Waals surface area (Å²) in [6, 6.07) is 2.27. The van der Waals surface area contributed by atoms with Gasteiger partial charge >= 0.3 is 0 Å². The largest absolute Gasteiger partial charge is 0.370 e. The van der Waals surface area contributed by atoms with E-state index in [2.05, 4.69) is 16.8 Å². The number of fused-ring (bicyclic) bond motifs is 2. The second-order valence-corrected chi connectivity index (χ2v) is 5.10. The Balaban J connectivity index is 2.01. The highest BCUT2D eigenvalue weighted by Crippen LogP contribution is 2.41. The van der Waals surface area contributed by atoms with Gasteiger partial charge in [-0.05, 0) is 42.9 Å². The average molecular weight is 209 g/mol. The van der Waals surface area contributed by atoms with Gasteiger partial charge in [0, 0.05) is 11.3 Å². The molecule has 1 fully saturated rings. The first-order valence-corrected chi connectivity index (χ1v) is 6.20. The van der Waals surface area contributed by atoms with Crippen molar-refractivity contribution in [3.8, 4) is 0 Å². The molecule has 3 rings (SSSR count). The van der Waals surface area contributed by atoms with Crippen LogP contribution >= 0.6 is 11.3 Å². The summed E-state index contributed by atoms with van der Waals surface area (Å²) in [7, 11) is 0. The van der Waals surface area contributed by atoms with Crippen molar-refractivity contribution in [3.63, 3.8) is 0 Å². The molecule has 1 N–H and O–H groups in total. The van der Waals surface area contributed by atoms with Crippen LogP contribution in [0.4, 0.5) is 0 Å². The minimum absolute atomic E-state index is 0.0683. The van der Waals surface area contributed by atoms with Crippen LogP contribution in [0.2, 0.25) is 0 Å². The van der Waals surface area contributed by atoms with E-state index in [0.717, 1.165) is 39.0 Å². The maximum Gasteiger partial charge on any atom is 0.0966 e. The molecule has 0 amide bonds. The topological polar surface area (TPSA) is 21.3 Å². The van der Waals surface area contributed by atoms with Crippen molar-refractivity contribution in [3.05, 3.63) is 21.9 Å². The Hall–Kier alpha value is -0.380. The minimum atomic E-state index is 0.0683. The van der Waals surface area contributed by atoms with Gasteiger partial charge in [0.2, 0.25) is 0 Å². The van der Waals surface area contributed by atoms with E-state index in [0.29, 0.717) is 0 Å². The van der Waals surface area contributed by atoms with E-state index in [1.807, 2.05) is 11.3 Å². The molecule has 0 aromatic carbocycles. The molecule has 1 saturated heterocycles. The lowest BCUT2D eigenvalue weighted by Gasteiger charge is -2.40. The quantitative estimate of drug-likeness (QED) is 0.704. The Bertz CT molecular complexity index is 328. The summed E-state index contributed by atoms with van der Waals surface area (Å²) in [6.07, 6.45) is 3.38.